The lowest BCUT2D eigenvalue weighted by Gasteiger charge is -2.25. The number of nitriles is 1. The number of benzene rings is 1. The fourth-order valence-corrected chi connectivity index (χ4v) is 4.01. The largest absolute Gasteiger partial charge is 0.431 e. The lowest BCUT2D eigenvalue weighted by atomic mass is 10.2. The number of nitrogens with one attached hydrogen (secondary N) is 2. The summed E-state index contributed by atoms with van der Waals surface area (Å²) in [5, 5.41) is 24.5. The van der Waals surface area contributed by atoms with E-state index in [1.165, 1.54) is 29.9 Å². The maximum absolute atomic E-state index is 13.3. The van der Waals surface area contributed by atoms with Gasteiger partial charge in [0.05, 0.1) is 34.3 Å². The van der Waals surface area contributed by atoms with Gasteiger partial charge in [-0.05, 0) is 56.3 Å². The second-order valence-electron chi connectivity index (χ2n) is 8.31. The number of rotatable bonds is 7. The zero-order valence-corrected chi connectivity index (χ0v) is 20.8. The van der Waals surface area contributed by atoms with Gasteiger partial charge in [-0.25, -0.2) is 14.6 Å². The van der Waals surface area contributed by atoms with E-state index in [9.17, 15) is 18.8 Å². The topological polar surface area (TPSA) is 151 Å². The molecule has 12 nitrogen and oxygen atoms in total. The molecule has 196 valence electrons. The van der Waals surface area contributed by atoms with Crippen molar-refractivity contribution in [2.75, 3.05) is 11.9 Å². The molecule has 4 heterocycles. The molecule has 39 heavy (non-hydrogen) atoms. The Hall–Kier alpha value is -5.45. The minimum atomic E-state index is -3.13. The Labute approximate surface area is 219 Å². The number of nitrogens with zero attached hydrogens (tertiary/aromatic N) is 8. The summed E-state index contributed by atoms with van der Waals surface area (Å²) in [6, 6.07) is 13.0. The van der Waals surface area contributed by atoms with Gasteiger partial charge in [0, 0.05) is 12.7 Å². The number of aryl methyl sites for hydroxylation is 2. The Morgan fingerprint density at radius 2 is 2.00 bits per heavy atom. The fourth-order valence-electron chi connectivity index (χ4n) is 4.01. The minimum absolute atomic E-state index is 0.0653. The smallest absolute Gasteiger partial charge is 0.387 e. The summed E-state index contributed by atoms with van der Waals surface area (Å²) in [6.07, 6.45) is 1.54. The van der Waals surface area contributed by atoms with Gasteiger partial charge in [-0.15, -0.1) is 5.10 Å². The predicted octanol–water partition coefficient (Wildman–Crippen LogP) is 3.85. The highest BCUT2D eigenvalue weighted by molar-refractivity contribution is 6.01. The van der Waals surface area contributed by atoms with E-state index in [-0.39, 0.29) is 34.5 Å². The number of carbonyl (C=O) groups excluding carboxylic acids is 1. The van der Waals surface area contributed by atoms with Gasteiger partial charge in [0.1, 0.15) is 11.9 Å². The molecule has 1 amide bonds. The number of fused-ring (bicyclic) bond motifs is 1. The van der Waals surface area contributed by atoms with Crippen LogP contribution in [0, 0.1) is 25.2 Å². The molecule has 4 aromatic heterocycles. The van der Waals surface area contributed by atoms with Crippen LogP contribution in [0.5, 0.6) is 5.75 Å². The van der Waals surface area contributed by atoms with E-state index in [1.54, 1.807) is 49.3 Å². The van der Waals surface area contributed by atoms with Gasteiger partial charge in [0.2, 0.25) is 0 Å². The van der Waals surface area contributed by atoms with Crippen molar-refractivity contribution in [3.8, 4) is 17.6 Å². The van der Waals surface area contributed by atoms with E-state index in [1.807, 2.05) is 6.07 Å². The summed E-state index contributed by atoms with van der Waals surface area (Å²) in [5.74, 6) is -0.470. The third kappa shape index (κ3) is 4.80. The second-order valence-corrected chi connectivity index (χ2v) is 8.31. The highest BCUT2D eigenvalue weighted by Crippen LogP contribution is 2.37. The average molecular weight is 530 g/mol. The van der Waals surface area contributed by atoms with Crippen LogP contribution in [0.4, 0.5) is 26.1 Å². The van der Waals surface area contributed by atoms with Crippen LogP contribution in [0.15, 0.2) is 48.8 Å². The molecule has 14 heteroatoms. The number of carbonyl (C=O) groups is 1. The zero-order chi connectivity index (χ0) is 27.7. The van der Waals surface area contributed by atoms with Crippen LogP contribution < -0.4 is 15.0 Å². The van der Waals surface area contributed by atoms with Crippen molar-refractivity contribution in [2.24, 2.45) is 0 Å². The van der Waals surface area contributed by atoms with Crippen molar-refractivity contribution in [2.45, 2.75) is 20.5 Å². The lowest BCUT2D eigenvalue weighted by Crippen LogP contribution is -2.24. The fraction of sp³-hybridized carbons (Fsp3) is 0.160. The van der Waals surface area contributed by atoms with Gasteiger partial charge in [-0.2, -0.15) is 24.2 Å². The van der Waals surface area contributed by atoms with Gasteiger partial charge in [-0.1, -0.05) is 0 Å². The highest BCUT2D eigenvalue weighted by Gasteiger charge is 2.26. The molecular weight excluding hydrogens is 510 g/mol. The summed E-state index contributed by atoms with van der Waals surface area (Å²) >= 11 is 0. The monoisotopic (exact) mass is 530 g/mol. The SMILES string of the molecule is CNC(=O)c1cc(C)nnc1N(c1ccc2nc[nH]c2c1)c1ccc(OC(F)F)c(-n2nc(C#N)cc2C)n1. The van der Waals surface area contributed by atoms with E-state index in [2.05, 4.69) is 35.6 Å². The maximum Gasteiger partial charge on any atom is 0.387 e. The molecule has 1 aromatic carbocycles. The van der Waals surface area contributed by atoms with Crippen LogP contribution in [-0.4, -0.2) is 54.5 Å². The van der Waals surface area contributed by atoms with Gasteiger partial charge < -0.3 is 15.0 Å². The number of pyridine rings is 1. The van der Waals surface area contributed by atoms with Crippen molar-refractivity contribution in [3.05, 3.63) is 71.4 Å². The Morgan fingerprint density at radius 1 is 1.18 bits per heavy atom. The molecule has 0 aliphatic rings. The Balaban J connectivity index is 1.78. The van der Waals surface area contributed by atoms with E-state index in [4.69, 9.17) is 4.74 Å². The number of ether oxygens (including phenoxy) is 1. The van der Waals surface area contributed by atoms with Crippen molar-refractivity contribution >= 4 is 34.3 Å². The molecule has 0 fully saturated rings. The number of alkyl halides is 2. The van der Waals surface area contributed by atoms with Crippen molar-refractivity contribution < 1.29 is 18.3 Å². The molecule has 0 bridgehead atoms. The molecule has 0 aliphatic carbocycles. The summed E-state index contributed by atoms with van der Waals surface area (Å²) in [4.78, 5) is 26.3. The first-order valence-corrected chi connectivity index (χ1v) is 11.5. The first-order valence-electron chi connectivity index (χ1n) is 11.5. The molecular formula is C25H20F2N10O2. The summed E-state index contributed by atoms with van der Waals surface area (Å²) in [6.45, 7) is 0.210. The quantitative estimate of drug-likeness (QED) is 0.320. The number of amides is 1. The standard InChI is InChI=1S/C25H20F2N10O2/c1-13-8-17(24(38)29-3)22(34-33-13)36(16-4-5-18-19(10-16)31-12-30-18)21-7-6-20(39-25(26)27)23(32-21)37-14(2)9-15(11-28)35-37/h4-10,12,25H,1-3H3,(H,29,38)(H,30,31). The third-order valence-electron chi connectivity index (χ3n) is 5.71. The van der Waals surface area contributed by atoms with Crippen molar-refractivity contribution in [3.63, 3.8) is 0 Å². The number of anilines is 3. The molecule has 0 atom stereocenters. The van der Waals surface area contributed by atoms with Gasteiger partial charge >= 0.3 is 6.61 Å². The van der Waals surface area contributed by atoms with Crippen LogP contribution in [-0.2, 0) is 0 Å². The second kappa shape index (κ2) is 10.1. The number of halogens is 2. The normalized spacial score (nSPS) is 11.0. The Morgan fingerprint density at radius 3 is 2.72 bits per heavy atom. The first kappa shape index (κ1) is 25.2. The Kier molecular flexibility index (Phi) is 6.55. The number of aromatic nitrogens is 7. The van der Waals surface area contributed by atoms with E-state index in [0.29, 0.717) is 28.1 Å². The van der Waals surface area contributed by atoms with Gasteiger partial charge in [-0.3, -0.25) is 9.69 Å². The molecule has 0 spiro atoms. The molecule has 5 aromatic rings. The van der Waals surface area contributed by atoms with Crippen molar-refractivity contribution in [1.29, 1.82) is 5.26 Å². The zero-order valence-electron chi connectivity index (χ0n) is 20.8. The summed E-state index contributed by atoms with van der Waals surface area (Å²) < 4.78 is 32.6. The molecule has 5 rings (SSSR count). The van der Waals surface area contributed by atoms with Crippen LogP contribution in [0.3, 0.4) is 0 Å². The third-order valence-corrected chi connectivity index (χ3v) is 5.71. The summed E-state index contributed by atoms with van der Waals surface area (Å²) in [7, 11) is 1.49. The molecule has 2 N–H and O–H groups in total. The van der Waals surface area contributed by atoms with Gasteiger partial charge in [0.25, 0.3) is 5.91 Å². The first-order chi connectivity index (χ1) is 18.8. The maximum atomic E-state index is 13.3. The van der Waals surface area contributed by atoms with Crippen molar-refractivity contribution in [1.82, 2.24) is 40.2 Å². The lowest BCUT2D eigenvalue weighted by molar-refractivity contribution is -0.0501. The number of H-pyrrole nitrogens is 1. The minimum Gasteiger partial charge on any atom is -0.431 e. The van der Waals surface area contributed by atoms with Crippen LogP contribution in [0.25, 0.3) is 16.9 Å². The van der Waals surface area contributed by atoms with E-state index >= 15 is 0 Å². The van der Waals surface area contributed by atoms with Crippen LogP contribution >= 0.6 is 0 Å². The van der Waals surface area contributed by atoms with E-state index < -0.39 is 12.5 Å². The number of aromatic amines is 1. The molecule has 0 unspecified atom stereocenters. The number of imidazole rings is 1. The number of hydrogen-bond donors (Lipinski definition) is 2. The molecule has 0 saturated carbocycles. The van der Waals surface area contributed by atoms with Gasteiger partial charge in [0.15, 0.2) is 23.1 Å². The van der Waals surface area contributed by atoms with Crippen LogP contribution in [0.1, 0.15) is 27.4 Å². The molecule has 0 saturated heterocycles. The Bertz CT molecular complexity index is 1740. The average Bonchev–Trinajstić information content (AvgIpc) is 3.55. The molecule has 0 aliphatic heterocycles. The highest BCUT2D eigenvalue weighted by atomic mass is 19.3. The number of hydrogen-bond acceptors (Lipinski definition) is 9. The van der Waals surface area contributed by atoms with Crippen LogP contribution in [0.2, 0.25) is 0 Å². The molecule has 0 radical (unpaired) electrons. The van der Waals surface area contributed by atoms with E-state index in [0.717, 1.165) is 0 Å². The summed E-state index contributed by atoms with van der Waals surface area (Å²) in [5.41, 5.74) is 3.15. The predicted molar refractivity (Wildman–Crippen MR) is 135 cm³/mol.